The van der Waals surface area contributed by atoms with E-state index in [4.69, 9.17) is 9.97 Å². The first kappa shape index (κ1) is 41.1. The Kier molecular flexibility index (Phi) is 8.45. The molecule has 0 saturated carbocycles. The fraction of sp³-hybridized carbons (Fsp3) is 0.0435. The van der Waals surface area contributed by atoms with E-state index in [1.807, 2.05) is 0 Å². The van der Waals surface area contributed by atoms with Gasteiger partial charge in [0.1, 0.15) is 0 Å². The molecule has 74 heavy (non-hydrogen) atoms. The Morgan fingerprint density at radius 3 is 1.36 bits per heavy atom. The summed E-state index contributed by atoms with van der Waals surface area (Å²) in [5, 5.41) is 11.9. The van der Waals surface area contributed by atoms with Gasteiger partial charge in [0.15, 0.2) is 0 Å². The molecule has 5 nitrogen and oxygen atoms in total. The van der Waals surface area contributed by atoms with E-state index in [1.54, 1.807) is 0 Å². The number of nitrogens with zero attached hydrogens (tertiary/aromatic N) is 5. The van der Waals surface area contributed by atoms with Gasteiger partial charge in [-0.25, -0.2) is 9.97 Å². The summed E-state index contributed by atoms with van der Waals surface area (Å²) in [6.07, 6.45) is 0. The minimum absolute atomic E-state index is 0.0638. The van der Waals surface area contributed by atoms with Crippen LogP contribution in [0.15, 0.2) is 237 Å². The lowest BCUT2D eigenvalue weighted by molar-refractivity contribution is 0.660. The number of hydrogen-bond donors (Lipinski definition) is 0. The Morgan fingerprint density at radius 1 is 0.297 bits per heavy atom. The monoisotopic (exact) mass is 943 g/mol. The van der Waals surface area contributed by atoms with Gasteiger partial charge in [-0.3, -0.25) is 4.57 Å². The van der Waals surface area contributed by atoms with Crippen molar-refractivity contribution < 1.29 is 0 Å². The molecular formula is C69H45N5. The molecule has 1 aliphatic carbocycles. The molecule has 0 fully saturated rings. The van der Waals surface area contributed by atoms with Gasteiger partial charge in [-0.1, -0.05) is 190 Å². The second-order valence-electron chi connectivity index (χ2n) is 20.5. The van der Waals surface area contributed by atoms with Crippen LogP contribution in [0.5, 0.6) is 0 Å². The van der Waals surface area contributed by atoms with Crippen LogP contribution in [0.1, 0.15) is 25.0 Å². The van der Waals surface area contributed by atoms with Gasteiger partial charge in [0, 0.05) is 60.2 Å². The summed E-state index contributed by atoms with van der Waals surface area (Å²) >= 11 is 0. The van der Waals surface area contributed by atoms with Gasteiger partial charge in [-0.2, -0.15) is 0 Å². The highest BCUT2D eigenvalue weighted by atomic mass is 15.2. The highest BCUT2D eigenvalue weighted by Crippen LogP contribution is 2.50. The standard InChI is InChI=1S/C69H45N5/c1-69(2)56-29-11-7-23-48(56)55-39-44(34-36-57(55)69)72-61-31-13-9-25-53(61)66-63(72)37-38-64-67(66)54-26-10-14-32-62(54)73(64)45-33-35-52-51-24-8-12-30-60(51)74(65(52)40-45)68-70-58(49-27-15-19-42-17-3-5-21-46(42)49)41-59(71-68)50-28-16-20-43-18-4-6-22-47(43)50/h3-41H,1-2H3. The van der Waals surface area contributed by atoms with E-state index in [2.05, 4.69) is 264 Å². The molecule has 0 N–H and O–H groups in total. The molecule has 4 heterocycles. The summed E-state index contributed by atoms with van der Waals surface area (Å²) in [5.74, 6) is 0.622. The molecule has 16 rings (SSSR count). The lowest BCUT2D eigenvalue weighted by atomic mass is 9.82. The van der Waals surface area contributed by atoms with Crippen LogP contribution in [-0.4, -0.2) is 23.7 Å². The van der Waals surface area contributed by atoms with Gasteiger partial charge < -0.3 is 9.13 Å². The Hall–Kier alpha value is -9.58. The molecule has 1 aliphatic rings. The molecule has 4 aromatic heterocycles. The highest BCUT2D eigenvalue weighted by molar-refractivity contribution is 6.29. The number of benzene rings is 11. The lowest BCUT2D eigenvalue weighted by Gasteiger charge is -2.21. The van der Waals surface area contributed by atoms with Crippen molar-refractivity contribution >= 4 is 87.0 Å². The van der Waals surface area contributed by atoms with Gasteiger partial charge in [-0.15, -0.1) is 0 Å². The van der Waals surface area contributed by atoms with Gasteiger partial charge in [0.05, 0.1) is 44.5 Å². The lowest BCUT2D eigenvalue weighted by Crippen LogP contribution is -2.14. The number of hydrogen-bond acceptors (Lipinski definition) is 2. The van der Waals surface area contributed by atoms with E-state index in [9.17, 15) is 0 Å². The zero-order chi connectivity index (χ0) is 48.8. The van der Waals surface area contributed by atoms with Crippen LogP contribution >= 0.6 is 0 Å². The van der Waals surface area contributed by atoms with Crippen molar-refractivity contribution in [3.8, 4) is 51.0 Å². The first-order valence-electron chi connectivity index (χ1n) is 25.6. The van der Waals surface area contributed by atoms with E-state index >= 15 is 0 Å². The maximum absolute atomic E-state index is 5.56. The average molecular weight is 944 g/mol. The first-order valence-corrected chi connectivity index (χ1v) is 25.6. The molecule has 0 amide bonds. The smallest absolute Gasteiger partial charge is 0.235 e. The predicted octanol–water partition coefficient (Wildman–Crippen LogP) is 17.7. The van der Waals surface area contributed by atoms with Gasteiger partial charge >= 0.3 is 0 Å². The second-order valence-corrected chi connectivity index (χ2v) is 20.5. The molecule has 11 aromatic carbocycles. The fourth-order valence-corrected chi connectivity index (χ4v) is 12.9. The van der Waals surface area contributed by atoms with Crippen molar-refractivity contribution in [1.82, 2.24) is 23.7 Å². The molecule has 0 radical (unpaired) electrons. The molecule has 0 bridgehead atoms. The SMILES string of the molecule is CC1(C)c2ccccc2-c2cc(-n3c4ccccc4c4c5c6ccccc6n(-c6ccc7c8ccccc8n(-c8nc(-c9cccc%10ccccc9%10)cc(-c9cccc%10ccccc9%10)n8)c7c6)c5ccc43)ccc21. The third-order valence-electron chi connectivity index (χ3n) is 16.3. The Balaban J connectivity index is 0.945. The molecule has 0 unspecified atom stereocenters. The predicted molar refractivity (Wildman–Crippen MR) is 308 cm³/mol. The van der Waals surface area contributed by atoms with Gasteiger partial charge in [-0.05, 0) is 104 Å². The van der Waals surface area contributed by atoms with Crippen LogP contribution in [0, 0.1) is 0 Å². The number of aromatic nitrogens is 5. The largest absolute Gasteiger partial charge is 0.309 e. The van der Waals surface area contributed by atoms with Crippen LogP contribution in [0.4, 0.5) is 0 Å². The van der Waals surface area contributed by atoms with Crippen molar-refractivity contribution in [2.24, 2.45) is 0 Å². The Bertz CT molecular complexity index is 4780. The summed E-state index contributed by atoms with van der Waals surface area (Å²) in [6.45, 7) is 4.70. The van der Waals surface area contributed by atoms with E-state index in [1.165, 1.54) is 71.3 Å². The van der Waals surface area contributed by atoms with Crippen LogP contribution in [0.2, 0.25) is 0 Å². The third-order valence-corrected chi connectivity index (χ3v) is 16.3. The van der Waals surface area contributed by atoms with Crippen molar-refractivity contribution in [3.63, 3.8) is 0 Å². The summed E-state index contributed by atoms with van der Waals surface area (Å²) in [5.41, 5.74) is 18.2. The van der Waals surface area contributed by atoms with E-state index in [0.717, 1.165) is 71.8 Å². The van der Waals surface area contributed by atoms with Crippen LogP contribution < -0.4 is 0 Å². The van der Waals surface area contributed by atoms with Gasteiger partial charge in [0.2, 0.25) is 5.95 Å². The van der Waals surface area contributed by atoms with Crippen molar-refractivity contribution in [2.75, 3.05) is 0 Å². The molecule has 346 valence electrons. The summed E-state index contributed by atoms with van der Waals surface area (Å²) in [7, 11) is 0. The summed E-state index contributed by atoms with van der Waals surface area (Å²) in [6, 6.07) is 86.5. The number of fused-ring (bicyclic) bond motifs is 15. The fourth-order valence-electron chi connectivity index (χ4n) is 12.9. The van der Waals surface area contributed by atoms with E-state index < -0.39 is 0 Å². The Morgan fingerprint density at radius 2 is 0.743 bits per heavy atom. The normalized spacial score (nSPS) is 13.1. The summed E-state index contributed by atoms with van der Waals surface area (Å²) in [4.78, 5) is 11.1. The number of rotatable bonds is 5. The molecule has 0 atom stereocenters. The minimum atomic E-state index is -0.0638. The van der Waals surface area contributed by atoms with Crippen LogP contribution in [0.25, 0.3) is 138 Å². The molecule has 5 heteroatoms. The second kappa shape index (κ2) is 15.2. The molecule has 0 spiro atoms. The summed E-state index contributed by atoms with van der Waals surface area (Å²) < 4.78 is 7.22. The third kappa shape index (κ3) is 5.69. The molecule has 0 aliphatic heterocycles. The highest BCUT2D eigenvalue weighted by Gasteiger charge is 2.35. The van der Waals surface area contributed by atoms with Crippen molar-refractivity contribution in [3.05, 3.63) is 248 Å². The van der Waals surface area contributed by atoms with E-state index in [0.29, 0.717) is 5.95 Å². The zero-order valence-corrected chi connectivity index (χ0v) is 40.8. The van der Waals surface area contributed by atoms with Crippen molar-refractivity contribution in [2.45, 2.75) is 19.3 Å². The quantitative estimate of drug-likeness (QED) is 0.172. The van der Waals surface area contributed by atoms with Gasteiger partial charge in [0.25, 0.3) is 0 Å². The topological polar surface area (TPSA) is 40.6 Å². The number of para-hydroxylation sites is 3. The van der Waals surface area contributed by atoms with E-state index in [-0.39, 0.29) is 5.41 Å². The maximum atomic E-state index is 5.56. The minimum Gasteiger partial charge on any atom is -0.309 e. The molecule has 15 aromatic rings. The first-order chi connectivity index (χ1) is 36.5. The Labute approximate surface area is 426 Å². The average Bonchev–Trinajstić information content (AvgIpc) is 4.20. The zero-order valence-electron chi connectivity index (χ0n) is 40.8. The van der Waals surface area contributed by atoms with Crippen molar-refractivity contribution in [1.29, 1.82) is 0 Å². The maximum Gasteiger partial charge on any atom is 0.235 e. The molecule has 0 saturated heterocycles. The molecular weight excluding hydrogens is 899 g/mol. The van der Waals surface area contributed by atoms with Crippen LogP contribution in [0.3, 0.4) is 0 Å². The van der Waals surface area contributed by atoms with Crippen LogP contribution in [-0.2, 0) is 5.41 Å².